The third-order valence-electron chi connectivity index (χ3n) is 5.69. The van der Waals surface area contributed by atoms with Crippen LogP contribution in [0.3, 0.4) is 0 Å². The molecule has 9 heteroatoms. The van der Waals surface area contributed by atoms with Gasteiger partial charge in [-0.3, -0.25) is 9.36 Å². The van der Waals surface area contributed by atoms with Crippen molar-refractivity contribution in [1.29, 1.82) is 0 Å². The highest BCUT2D eigenvalue weighted by Crippen LogP contribution is 2.28. The lowest BCUT2D eigenvalue weighted by Gasteiger charge is -2.15. The van der Waals surface area contributed by atoms with E-state index in [1.165, 1.54) is 47.2 Å². The van der Waals surface area contributed by atoms with Crippen molar-refractivity contribution in [2.24, 2.45) is 0 Å². The first-order valence-corrected chi connectivity index (χ1v) is 12.2. The van der Waals surface area contributed by atoms with E-state index in [4.69, 9.17) is 4.52 Å². The largest absolute Gasteiger partial charge is 0.364 e. The van der Waals surface area contributed by atoms with Crippen molar-refractivity contribution in [3.8, 4) is 16.8 Å². The second-order valence-electron chi connectivity index (χ2n) is 8.14. The molecule has 35 heavy (non-hydrogen) atoms. The Balaban J connectivity index is 1.59. The summed E-state index contributed by atoms with van der Waals surface area (Å²) >= 11 is 0. The number of hydrogen-bond donors (Lipinski definition) is 0. The van der Waals surface area contributed by atoms with Gasteiger partial charge < -0.3 is 4.52 Å². The topological polar surface area (TPSA) is 82.2 Å². The number of pyridine rings is 1. The highest BCUT2D eigenvalue weighted by molar-refractivity contribution is 7.90. The van der Waals surface area contributed by atoms with E-state index in [0.717, 1.165) is 6.07 Å². The molecule has 6 nitrogen and oxygen atoms in total. The number of nitrogens with zero attached hydrogens (tertiary/aromatic N) is 2. The Labute approximate surface area is 199 Å². The molecule has 0 bridgehead atoms. The Morgan fingerprint density at radius 1 is 0.886 bits per heavy atom. The molecule has 0 N–H and O–H groups in total. The van der Waals surface area contributed by atoms with Crippen LogP contribution >= 0.6 is 0 Å². The van der Waals surface area contributed by atoms with Crippen molar-refractivity contribution in [3.63, 3.8) is 0 Å². The molecular formula is C26H18F2N2O4S. The zero-order valence-corrected chi connectivity index (χ0v) is 19.2. The third-order valence-corrected chi connectivity index (χ3v) is 7.34. The minimum atomic E-state index is -3.68. The van der Waals surface area contributed by atoms with Crippen LogP contribution in [0.2, 0.25) is 0 Å². The minimum absolute atomic E-state index is 0.0957. The van der Waals surface area contributed by atoms with Gasteiger partial charge in [0.2, 0.25) is 0 Å². The van der Waals surface area contributed by atoms with Crippen LogP contribution in [-0.2, 0) is 15.6 Å². The Bertz CT molecular complexity index is 1720. The molecule has 0 unspecified atom stereocenters. The standard InChI is InChI=1S/C26H18F2N2O4S/c1-16-10-17(19-11-20(27)14-21(28)12-19)2-5-24(16)30-25-6-4-23(13-18(25)3-7-26(30)31)35(32,33)15-22-8-9-34-29-22/h2-14H,15H2,1H3. The van der Waals surface area contributed by atoms with Crippen molar-refractivity contribution in [1.82, 2.24) is 9.72 Å². The molecule has 2 aromatic heterocycles. The Kier molecular flexibility index (Phi) is 5.56. The molecule has 3 aromatic carbocycles. The van der Waals surface area contributed by atoms with Gasteiger partial charge in [-0.25, -0.2) is 17.2 Å². The van der Waals surface area contributed by atoms with E-state index in [1.807, 2.05) is 0 Å². The first-order chi connectivity index (χ1) is 16.7. The molecule has 0 radical (unpaired) electrons. The molecule has 0 atom stereocenters. The molecule has 5 aromatic rings. The zero-order valence-electron chi connectivity index (χ0n) is 18.4. The fourth-order valence-corrected chi connectivity index (χ4v) is 5.35. The van der Waals surface area contributed by atoms with Gasteiger partial charge in [-0.15, -0.1) is 0 Å². The number of benzene rings is 3. The van der Waals surface area contributed by atoms with Crippen molar-refractivity contribution in [2.45, 2.75) is 17.6 Å². The van der Waals surface area contributed by atoms with E-state index >= 15 is 0 Å². The van der Waals surface area contributed by atoms with Gasteiger partial charge in [-0.1, -0.05) is 11.2 Å². The molecule has 176 valence electrons. The Morgan fingerprint density at radius 3 is 2.34 bits per heavy atom. The summed E-state index contributed by atoms with van der Waals surface area (Å²) in [5.41, 5.74) is 2.75. The summed E-state index contributed by atoms with van der Waals surface area (Å²) in [6.45, 7) is 1.79. The van der Waals surface area contributed by atoms with Gasteiger partial charge in [0.1, 0.15) is 23.7 Å². The third kappa shape index (κ3) is 4.38. The Hall–Kier alpha value is -4.11. The molecule has 0 saturated carbocycles. The number of aromatic nitrogens is 2. The van der Waals surface area contributed by atoms with Crippen molar-refractivity contribution >= 4 is 20.7 Å². The molecule has 0 aliphatic heterocycles. The predicted octanol–water partition coefficient (Wildman–Crippen LogP) is 5.21. The van der Waals surface area contributed by atoms with Crippen LogP contribution in [0.25, 0.3) is 27.7 Å². The second kappa shape index (κ2) is 8.59. The van der Waals surface area contributed by atoms with Crippen LogP contribution in [0.4, 0.5) is 8.78 Å². The molecule has 0 aliphatic rings. The maximum atomic E-state index is 13.7. The predicted molar refractivity (Wildman–Crippen MR) is 127 cm³/mol. The first kappa shape index (κ1) is 22.7. The summed E-state index contributed by atoms with van der Waals surface area (Å²) in [6, 6.07) is 17.4. The van der Waals surface area contributed by atoms with E-state index in [9.17, 15) is 22.0 Å². The van der Waals surface area contributed by atoms with E-state index in [-0.39, 0.29) is 16.2 Å². The van der Waals surface area contributed by atoms with E-state index < -0.39 is 21.5 Å². The average Bonchev–Trinajstić information content (AvgIpc) is 3.31. The second-order valence-corrected chi connectivity index (χ2v) is 10.1. The molecule has 0 aliphatic carbocycles. The van der Waals surface area contributed by atoms with E-state index in [0.29, 0.717) is 39.0 Å². The summed E-state index contributed by atoms with van der Waals surface area (Å²) in [5.74, 6) is -1.67. The van der Waals surface area contributed by atoms with Crippen LogP contribution in [0.15, 0.2) is 93.3 Å². The summed E-state index contributed by atoms with van der Waals surface area (Å²) in [7, 11) is -3.68. The SMILES string of the molecule is Cc1cc(-c2cc(F)cc(F)c2)ccc1-n1c(=O)ccc2cc(S(=O)(=O)Cc3ccon3)ccc21. The van der Waals surface area contributed by atoms with Crippen LogP contribution < -0.4 is 5.56 Å². The number of sulfone groups is 1. The van der Waals surface area contributed by atoms with Gasteiger partial charge in [0.15, 0.2) is 9.84 Å². The first-order valence-electron chi connectivity index (χ1n) is 10.6. The van der Waals surface area contributed by atoms with Crippen molar-refractivity contribution in [3.05, 3.63) is 112 Å². The molecule has 0 fully saturated rings. The van der Waals surface area contributed by atoms with Crippen LogP contribution in [0, 0.1) is 18.6 Å². The maximum Gasteiger partial charge on any atom is 0.255 e. The van der Waals surface area contributed by atoms with Gasteiger partial charge in [-0.05, 0) is 72.1 Å². The quantitative estimate of drug-likeness (QED) is 0.337. The van der Waals surface area contributed by atoms with E-state index in [1.54, 1.807) is 37.3 Å². The molecule has 0 saturated heterocycles. The average molecular weight is 493 g/mol. The van der Waals surface area contributed by atoms with Gasteiger partial charge in [0.25, 0.3) is 5.56 Å². The lowest BCUT2D eigenvalue weighted by atomic mass is 10.0. The molecule has 5 rings (SSSR count). The van der Waals surface area contributed by atoms with Crippen molar-refractivity contribution < 1.29 is 21.7 Å². The summed E-state index contributed by atoms with van der Waals surface area (Å²) < 4.78 is 59.2. The fourth-order valence-electron chi connectivity index (χ4n) is 4.06. The summed E-state index contributed by atoms with van der Waals surface area (Å²) in [6.07, 6.45) is 1.31. The molecular weight excluding hydrogens is 474 g/mol. The monoisotopic (exact) mass is 492 g/mol. The number of rotatable bonds is 5. The molecule has 0 amide bonds. The molecule has 2 heterocycles. The van der Waals surface area contributed by atoms with Gasteiger partial charge in [-0.2, -0.15) is 0 Å². The van der Waals surface area contributed by atoms with E-state index in [2.05, 4.69) is 5.16 Å². The minimum Gasteiger partial charge on any atom is -0.364 e. The lowest BCUT2D eigenvalue weighted by Crippen LogP contribution is -2.18. The van der Waals surface area contributed by atoms with Crippen LogP contribution in [0.1, 0.15) is 11.3 Å². The van der Waals surface area contributed by atoms with Gasteiger partial charge in [0, 0.05) is 23.6 Å². The lowest BCUT2D eigenvalue weighted by molar-refractivity contribution is 0.413. The summed E-state index contributed by atoms with van der Waals surface area (Å²) in [5, 5.41) is 4.22. The number of fused-ring (bicyclic) bond motifs is 1. The summed E-state index contributed by atoms with van der Waals surface area (Å²) in [4.78, 5) is 12.9. The maximum absolute atomic E-state index is 13.7. The van der Waals surface area contributed by atoms with Crippen molar-refractivity contribution in [2.75, 3.05) is 0 Å². The highest BCUT2D eigenvalue weighted by atomic mass is 32.2. The number of hydrogen-bond acceptors (Lipinski definition) is 5. The van der Waals surface area contributed by atoms with Crippen LogP contribution in [0.5, 0.6) is 0 Å². The number of aryl methyl sites for hydroxylation is 1. The number of halogens is 2. The normalized spacial score (nSPS) is 11.7. The van der Waals surface area contributed by atoms with Crippen LogP contribution in [-0.4, -0.2) is 18.1 Å². The highest BCUT2D eigenvalue weighted by Gasteiger charge is 2.19. The van der Waals surface area contributed by atoms with Gasteiger partial charge >= 0.3 is 0 Å². The molecule has 0 spiro atoms. The smallest absolute Gasteiger partial charge is 0.255 e. The Morgan fingerprint density at radius 2 is 1.66 bits per heavy atom. The fraction of sp³-hybridized carbons (Fsp3) is 0.0769. The van der Waals surface area contributed by atoms with Gasteiger partial charge in [0.05, 0.1) is 21.8 Å². The zero-order chi connectivity index (χ0) is 24.7.